The number of carbonyl (C=O) groups excluding carboxylic acids is 1. The molecule has 1 heterocycles. The molecule has 0 fully saturated rings. The van der Waals surface area contributed by atoms with E-state index in [1.54, 1.807) is 31.3 Å². The van der Waals surface area contributed by atoms with Crippen LogP contribution in [0.3, 0.4) is 0 Å². The average Bonchev–Trinajstić information content (AvgIpc) is 2.84. The predicted molar refractivity (Wildman–Crippen MR) is 93.6 cm³/mol. The molecule has 3 aromatic rings. The van der Waals surface area contributed by atoms with Crippen molar-refractivity contribution < 1.29 is 9.21 Å². The van der Waals surface area contributed by atoms with Crippen LogP contribution in [-0.2, 0) is 13.5 Å². The molecule has 0 aliphatic heterocycles. The van der Waals surface area contributed by atoms with Crippen molar-refractivity contribution in [3.05, 3.63) is 63.6 Å². The predicted octanol–water partition coefficient (Wildman–Crippen LogP) is 3.15. The van der Waals surface area contributed by atoms with Crippen molar-refractivity contribution in [2.24, 2.45) is 7.05 Å². The number of oxazole rings is 1. The summed E-state index contributed by atoms with van der Waals surface area (Å²) >= 11 is 5.80. The summed E-state index contributed by atoms with van der Waals surface area (Å²) in [5.74, 6) is -0.386. The van der Waals surface area contributed by atoms with Gasteiger partial charge in [0.05, 0.1) is 5.52 Å². The largest absolute Gasteiger partial charge is 0.419 e. The number of aryl methyl sites for hydroxylation is 1. The number of rotatable bonds is 4. The quantitative estimate of drug-likeness (QED) is 0.762. The molecule has 0 spiro atoms. The van der Waals surface area contributed by atoms with Gasteiger partial charge in [-0.15, -0.1) is 0 Å². The maximum absolute atomic E-state index is 11.8. The van der Waals surface area contributed by atoms with Crippen molar-refractivity contribution in [1.82, 2.24) is 9.88 Å². The van der Waals surface area contributed by atoms with Crippen LogP contribution in [0.25, 0.3) is 11.1 Å². The fourth-order valence-electron chi connectivity index (χ4n) is 2.36. The molecule has 0 aliphatic carbocycles. The second kappa shape index (κ2) is 6.80. The highest BCUT2D eigenvalue weighted by Gasteiger charge is 2.07. The minimum absolute atomic E-state index is 0.287. The smallest absolute Gasteiger partial charge is 0.408 e. The fraction of sp³-hybridized carbons (Fsp3) is 0.176. The first-order valence-electron chi connectivity index (χ1n) is 7.42. The first kappa shape index (κ1) is 16.1. The van der Waals surface area contributed by atoms with E-state index in [9.17, 15) is 9.59 Å². The number of anilines is 1. The number of amides is 2. The zero-order valence-corrected chi connectivity index (χ0v) is 13.8. The van der Waals surface area contributed by atoms with Crippen molar-refractivity contribution in [1.29, 1.82) is 0 Å². The van der Waals surface area contributed by atoms with E-state index in [1.807, 2.05) is 18.2 Å². The Labute approximate surface area is 143 Å². The van der Waals surface area contributed by atoms with Crippen LogP contribution in [0.4, 0.5) is 10.5 Å². The number of urea groups is 1. The van der Waals surface area contributed by atoms with Gasteiger partial charge >= 0.3 is 11.8 Å². The van der Waals surface area contributed by atoms with Crippen molar-refractivity contribution in [2.45, 2.75) is 6.42 Å². The Morgan fingerprint density at radius 3 is 2.71 bits per heavy atom. The third-order valence-corrected chi connectivity index (χ3v) is 3.91. The lowest BCUT2D eigenvalue weighted by Crippen LogP contribution is -2.30. The highest BCUT2D eigenvalue weighted by Crippen LogP contribution is 2.15. The average molecular weight is 346 g/mol. The topological polar surface area (TPSA) is 76.3 Å². The van der Waals surface area contributed by atoms with Crippen LogP contribution >= 0.6 is 11.6 Å². The number of hydrogen-bond acceptors (Lipinski definition) is 3. The molecule has 1 aromatic heterocycles. The highest BCUT2D eigenvalue weighted by molar-refractivity contribution is 6.30. The van der Waals surface area contributed by atoms with Crippen LogP contribution in [0, 0.1) is 0 Å². The van der Waals surface area contributed by atoms with Gasteiger partial charge in [-0.25, -0.2) is 9.59 Å². The Balaban J connectivity index is 1.55. The van der Waals surface area contributed by atoms with Crippen LogP contribution in [-0.4, -0.2) is 17.1 Å². The lowest BCUT2D eigenvalue weighted by Gasteiger charge is -2.08. The molecule has 2 amide bonds. The van der Waals surface area contributed by atoms with Gasteiger partial charge in [-0.3, -0.25) is 4.57 Å². The molecule has 0 saturated carbocycles. The first-order chi connectivity index (χ1) is 11.5. The van der Waals surface area contributed by atoms with Gasteiger partial charge in [0, 0.05) is 24.3 Å². The SMILES string of the molecule is Cn1c(=O)oc2cc(CCNC(=O)Nc3ccc(Cl)cc3)ccc21. The summed E-state index contributed by atoms with van der Waals surface area (Å²) < 4.78 is 6.61. The summed E-state index contributed by atoms with van der Waals surface area (Å²) in [5.41, 5.74) is 2.94. The summed E-state index contributed by atoms with van der Waals surface area (Å²) in [4.78, 5) is 23.3. The van der Waals surface area contributed by atoms with Crippen molar-refractivity contribution in [3.63, 3.8) is 0 Å². The number of fused-ring (bicyclic) bond motifs is 1. The maximum atomic E-state index is 11.8. The molecule has 0 aliphatic rings. The summed E-state index contributed by atoms with van der Waals surface area (Å²) in [6, 6.07) is 12.2. The Morgan fingerprint density at radius 2 is 1.96 bits per heavy atom. The molecule has 0 bridgehead atoms. The molecule has 124 valence electrons. The molecular weight excluding hydrogens is 330 g/mol. The van der Waals surface area contributed by atoms with E-state index in [-0.39, 0.29) is 11.8 Å². The molecule has 0 atom stereocenters. The Kier molecular flexibility index (Phi) is 4.57. The van der Waals surface area contributed by atoms with Gasteiger partial charge in [-0.05, 0) is 48.4 Å². The molecule has 2 aromatic carbocycles. The van der Waals surface area contributed by atoms with Crippen molar-refractivity contribution in [3.8, 4) is 0 Å². The summed E-state index contributed by atoms with van der Waals surface area (Å²) in [7, 11) is 1.66. The molecule has 0 radical (unpaired) electrons. The summed E-state index contributed by atoms with van der Waals surface area (Å²) in [5, 5.41) is 6.12. The van der Waals surface area contributed by atoms with Crippen molar-refractivity contribution in [2.75, 3.05) is 11.9 Å². The molecule has 0 saturated heterocycles. The lowest BCUT2D eigenvalue weighted by molar-refractivity contribution is 0.252. The van der Waals surface area contributed by atoms with Crippen LogP contribution in [0.5, 0.6) is 0 Å². The van der Waals surface area contributed by atoms with Crippen LogP contribution in [0.2, 0.25) is 5.02 Å². The molecule has 0 unspecified atom stereocenters. The van der Waals surface area contributed by atoms with E-state index in [2.05, 4.69) is 10.6 Å². The first-order valence-corrected chi connectivity index (χ1v) is 7.79. The number of halogens is 1. The zero-order valence-electron chi connectivity index (χ0n) is 13.0. The van der Waals surface area contributed by atoms with E-state index in [1.165, 1.54) is 4.57 Å². The van der Waals surface area contributed by atoms with Crippen molar-refractivity contribution >= 4 is 34.4 Å². The van der Waals surface area contributed by atoms with E-state index >= 15 is 0 Å². The number of benzene rings is 2. The van der Waals surface area contributed by atoms with E-state index in [0.29, 0.717) is 29.3 Å². The minimum atomic E-state index is -0.386. The highest BCUT2D eigenvalue weighted by atomic mass is 35.5. The molecule has 2 N–H and O–H groups in total. The van der Waals surface area contributed by atoms with E-state index in [4.69, 9.17) is 16.0 Å². The molecule has 3 rings (SSSR count). The Hall–Kier alpha value is -2.73. The van der Waals surface area contributed by atoms with Gasteiger partial charge in [-0.1, -0.05) is 17.7 Å². The molecule has 7 heteroatoms. The lowest BCUT2D eigenvalue weighted by atomic mass is 10.1. The number of nitrogens with one attached hydrogen (secondary N) is 2. The third kappa shape index (κ3) is 3.60. The zero-order chi connectivity index (χ0) is 17.1. The van der Waals surface area contributed by atoms with E-state index in [0.717, 1.165) is 11.1 Å². The monoisotopic (exact) mass is 345 g/mol. The van der Waals surface area contributed by atoms with Crippen LogP contribution in [0.1, 0.15) is 5.56 Å². The summed E-state index contributed by atoms with van der Waals surface area (Å²) in [6.45, 7) is 0.460. The number of carbonyl (C=O) groups is 1. The molecule has 6 nitrogen and oxygen atoms in total. The number of nitrogens with zero attached hydrogens (tertiary/aromatic N) is 1. The van der Waals surface area contributed by atoms with Gasteiger partial charge in [0.2, 0.25) is 0 Å². The number of aromatic nitrogens is 1. The molecule has 24 heavy (non-hydrogen) atoms. The van der Waals surface area contributed by atoms with Crippen LogP contribution in [0.15, 0.2) is 51.7 Å². The molecular formula is C17H16ClN3O3. The van der Waals surface area contributed by atoms with Gasteiger partial charge in [0.15, 0.2) is 5.58 Å². The number of hydrogen-bond donors (Lipinski definition) is 2. The van der Waals surface area contributed by atoms with Crippen LogP contribution < -0.4 is 16.4 Å². The maximum Gasteiger partial charge on any atom is 0.419 e. The summed E-state index contributed by atoms with van der Waals surface area (Å²) in [6.07, 6.45) is 0.628. The second-order valence-corrected chi connectivity index (χ2v) is 5.80. The van der Waals surface area contributed by atoms with E-state index < -0.39 is 0 Å². The third-order valence-electron chi connectivity index (χ3n) is 3.66. The normalized spacial score (nSPS) is 10.8. The fourth-order valence-corrected chi connectivity index (χ4v) is 2.49. The van der Waals surface area contributed by atoms with Gasteiger partial charge < -0.3 is 15.1 Å². The van der Waals surface area contributed by atoms with Gasteiger partial charge in [0.1, 0.15) is 0 Å². The Bertz CT molecular complexity index is 928. The Morgan fingerprint density at radius 1 is 1.21 bits per heavy atom. The van der Waals surface area contributed by atoms with Gasteiger partial charge in [-0.2, -0.15) is 0 Å². The van der Waals surface area contributed by atoms with Gasteiger partial charge in [0.25, 0.3) is 0 Å². The standard InChI is InChI=1S/C17H16ClN3O3/c1-21-14-7-2-11(10-15(14)24-17(21)23)8-9-19-16(22)20-13-5-3-12(18)4-6-13/h2-7,10H,8-9H2,1H3,(H2,19,20,22). The second-order valence-electron chi connectivity index (χ2n) is 5.37. The minimum Gasteiger partial charge on any atom is -0.408 e.